The van der Waals surface area contributed by atoms with Crippen LogP contribution in [0.25, 0.3) is 21.3 Å². The van der Waals surface area contributed by atoms with Crippen molar-refractivity contribution in [3.8, 4) is 11.1 Å². The van der Waals surface area contributed by atoms with Crippen LogP contribution in [0.1, 0.15) is 57.1 Å². The van der Waals surface area contributed by atoms with Crippen LogP contribution in [-0.4, -0.2) is 22.8 Å². The van der Waals surface area contributed by atoms with Crippen molar-refractivity contribution in [2.75, 3.05) is 11.1 Å². The maximum atomic E-state index is 13.7. The summed E-state index contributed by atoms with van der Waals surface area (Å²) in [6.45, 7) is 9.70. The topological polar surface area (TPSA) is 97.1 Å². The summed E-state index contributed by atoms with van der Waals surface area (Å²) in [5, 5.41) is 7.19. The highest BCUT2D eigenvalue weighted by atomic mass is 35.5. The van der Waals surface area contributed by atoms with E-state index in [-0.39, 0.29) is 17.9 Å². The third kappa shape index (κ3) is 4.94. The number of nitrogen functional groups attached to an aromatic ring is 1. The standard InChI is InChI=1S/C28H29ClN4O2S/c1-6-16(4)31-27(35)25-24(30)23-22(18-8-10-19(29)11-9-18)21(17(5)32-28(23)36-25)26(34)33-20-12-7-14(2)13-15(20)3/h7-13,16H,6,30H2,1-5H3,(H,31,35)(H,33,34)/t16-/m0/s1. The summed E-state index contributed by atoms with van der Waals surface area (Å²) in [6, 6.07) is 13.1. The lowest BCUT2D eigenvalue weighted by Gasteiger charge is -2.16. The number of hydrogen-bond donors (Lipinski definition) is 3. The third-order valence-electron chi connectivity index (χ3n) is 6.24. The maximum Gasteiger partial charge on any atom is 0.263 e. The molecule has 36 heavy (non-hydrogen) atoms. The van der Waals surface area contributed by atoms with Crippen LogP contribution in [0.15, 0.2) is 42.5 Å². The number of halogens is 1. The molecular weight excluding hydrogens is 492 g/mol. The van der Waals surface area contributed by atoms with Gasteiger partial charge in [-0.05, 0) is 63.4 Å². The lowest BCUT2D eigenvalue weighted by Crippen LogP contribution is -2.31. The first kappa shape index (κ1) is 25.7. The van der Waals surface area contributed by atoms with Gasteiger partial charge in [-0.15, -0.1) is 11.3 Å². The number of carbonyl (C=O) groups excluding carboxylic acids is 2. The number of pyridine rings is 1. The molecule has 6 nitrogen and oxygen atoms in total. The molecule has 0 bridgehead atoms. The molecule has 2 aromatic carbocycles. The molecule has 0 aliphatic carbocycles. The second-order valence-corrected chi connectivity index (χ2v) is 10.5. The molecule has 2 aromatic heterocycles. The molecule has 2 heterocycles. The van der Waals surface area contributed by atoms with Gasteiger partial charge in [-0.2, -0.15) is 0 Å². The Bertz CT molecular complexity index is 1480. The molecule has 1 atom stereocenters. The Labute approximate surface area is 219 Å². The molecule has 0 saturated heterocycles. The summed E-state index contributed by atoms with van der Waals surface area (Å²) in [7, 11) is 0. The molecule has 2 amide bonds. The van der Waals surface area contributed by atoms with Gasteiger partial charge in [-0.1, -0.05) is 48.4 Å². The minimum absolute atomic E-state index is 0.00614. The highest BCUT2D eigenvalue weighted by Gasteiger charge is 2.27. The Morgan fingerprint density at radius 2 is 1.78 bits per heavy atom. The van der Waals surface area contributed by atoms with Crippen LogP contribution in [-0.2, 0) is 0 Å². The van der Waals surface area contributed by atoms with Crippen LogP contribution in [0.5, 0.6) is 0 Å². The molecule has 4 N–H and O–H groups in total. The fourth-order valence-electron chi connectivity index (χ4n) is 4.15. The van der Waals surface area contributed by atoms with E-state index in [1.54, 1.807) is 19.1 Å². The van der Waals surface area contributed by atoms with Gasteiger partial charge in [-0.25, -0.2) is 4.98 Å². The van der Waals surface area contributed by atoms with Crippen molar-refractivity contribution in [1.29, 1.82) is 0 Å². The minimum atomic E-state index is -0.296. The van der Waals surface area contributed by atoms with E-state index < -0.39 is 0 Å². The monoisotopic (exact) mass is 520 g/mol. The maximum absolute atomic E-state index is 13.7. The van der Waals surface area contributed by atoms with Gasteiger partial charge < -0.3 is 16.4 Å². The van der Waals surface area contributed by atoms with E-state index >= 15 is 0 Å². The van der Waals surface area contributed by atoms with Crippen LogP contribution < -0.4 is 16.4 Å². The van der Waals surface area contributed by atoms with Gasteiger partial charge in [0.2, 0.25) is 0 Å². The average Bonchev–Trinajstić information content (AvgIpc) is 3.16. The van der Waals surface area contributed by atoms with Crippen molar-refractivity contribution in [3.05, 3.63) is 74.7 Å². The number of rotatable bonds is 6. The van der Waals surface area contributed by atoms with E-state index in [1.807, 2.05) is 58.0 Å². The van der Waals surface area contributed by atoms with Crippen LogP contribution in [0, 0.1) is 20.8 Å². The summed E-state index contributed by atoms with van der Waals surface area (Å²) in [5.74, 6) is -0.541. The highest BCUT2D eigenvalue weighted by Crippen LogP contribution is 2.42. The molecule has 0 aliphatic rings. The number of thiophene rings is 1. The number of nitrogens with two attached hydrogens (primary N) is 1. The quantitative estimate of drug-likeness (QED) is 0.257. The van der Waals surface area contributed by atoms with Gasteiger partial charge >= 0.3 is 0 Å². The molecule has 0 fully saturated rings. The van der Waals surface area contributed by atoms with Gasteiger partial charge in [-0.3, -0.25) is 9.59 Å². The smallest absolute Gasteiger partial charge is 0.263 e. The average molecular weight is 521 g/mol. The zero-order valence-electron chi connectivity index (χ0n) is 21.0. The second kappa shape index (κ2) is 10.3. The largest absolute Gasteiger partial charge is 0.397 e. The van der Waals surface area contributed by atoms with Crippen molar-refractivity contribution in [3.63, 3.8) is 0 Å². The SMILES string of the molecule is CC[C@H](C)NC(=O)c1sc2nc(C)c(C(=O)Nc3ccc(C)cc3C)c(-c3ccc(Cl)cc3)c2c1N. The summed E-state index contributed by atoms with van der Waals surface area (Å²) < 4.78 is 0. The van der Waals surface area contributed by atoms with E-state index in [0.717, 1.165) is 28.8 Å². The lowest BCUT2D eigenvalue weighted by atomic mass is 9.94. The Kier molecular flexibility index (Phi) is 7.33. The molecule has 186 valence electrons. The lowest BCUT2D eigenvalue weighted by molar-refractivity contribution is 0.0943. The number of aromatic nitrogens is 1. The Balaban J connectivity index is 1.93. The molecule has 0 aliphatic heterocycles. The molecule has 8 heteroatoms. The van der Waals surface area contributed by atoms with Crippen LogP contribution >= 0.6 is 22.9 Å². The molecule has 0 saturated carbocycles. The fraction of sp³-hybridized carbons (Fsp3) is 0.250. The molecule has 4 rings (SSSR count). The molecule has 0 radical (unpaired) electrons. The zero-order valence-corrected chi connectivity index (χ0v) is 22.5. The third-order valence-corrected chi connectivity index (χ3v) is 7.59. The van der Waals surface area contributed by atoms with Gasteiger partial charge in [0.1, 0.15) is 9.71 Å². The number of nitrogens with one attached hydrogen (secondary N) is 2. The number of amides is 2. The van der Waals surface area contributed by atoms with Crippen molar-refractivity contribution >= 4 is 56.3 Å². The van der Waals surface area contributed by atoms with E-state index in [2.05, 4.69) is 10.6 Å². The minimum Gasteiger partial charge on any atom is -0.397 e. The predicted molar refractivity (Wildman–Crippen MR) is 150 cm³/mol. The number of nitrogens with zero attached hydrogens (tertiary/aromatic N) is 1. The Hall–Kier alpha value is -3.42. The normalized spacial score (nSPS) is 11.9. The van der Waals surface area contributed by atoms with Gasteiger partial charge in [0.15, 0.2) is 0 Å². The summed E-state index contributed by atoms with van der Waals surface area (Å²) >= 11 is 7.39. The van der Waals surface area contributed by atoms with Crippen molar-refractivity contribution in [2.45, 2.75) is 47.1 Å². The van der Waals surface area contributed by atoms with Gasteiger partial charge in [0.05, 0.1) is 16.9 Å². The number of aryl methyl sites for hydroxylation is 3. The highest BCUT2D eigenvalue weighted by molar-refractivity contribution is 7.21. The molecule has 0 spiro atoms. The van der Waals surface area contributed by atoms with Crippen molar-refractivity contribution in [1.82, 2.24) is 10.3 Å². The Morgan fingerprint density at radius 3 is 2.42 bits per heavy atom. The number of hydrogen-bond acceptors (Lipinski definition) is 5. The van der Waals surface area contributed by atoms with Crippen molar-refractivity contribution < 1.29 is 9.59 Å². The first-order chi connectivity index (χ1) is 17.1. The van der Waals surface area contributed by atoms with Gasteiger partial charge in [0.25, 0.3) is 11.8 Å². The first-order valence-electron chi connectivity index (χ1n) is 11.8. The van der Waals surface area contributed by atoms with Crippen LogP contribution in [0.4, 0.5) is 11.4 Å². The second-order valence-electron chi connectivity index (χ2n) is 9.03. The molecule has 0 unspecified atom stereocenters. The van der Waals surface area contributed by atoms with Crippen LogP contribution in [0.3, 0.4) is 0 Å². The van der Waals surface area contributed by atoms with Crippen LogP contribution in [0.2, 0.25) is 5.02 Å². The molecular formula is C28H29ClN4O2S. The summed E-state index contributed by atoms with van der Waals surface area (Å²) in [5.41, 5.74) is 12.0. The summed E-state index contributed by atoms with van der Waals surface area (Å²) in [4.78, 5) is 32.4. The fourth-order valence-corrected chi connectivity index (χ4v) is 5.33. The number of fused-ring (bicyclic) bond motifs is 1. The zero-order chi connectivity index (χ0) is 26.1. The van der Waals surface area contributed by atoms with Crippen molar-refractivity contribution in [2.24, 2.45) is 0 Å². The number of benzene rings is 2. The van der Waals surface area contributed by atoms with E-state index in [1.165, 1.54) is 11.3 Å². The number of anilines is 2. The Morgan fingerprint density at radius 1 is 1.08 bits per heavy atom. The summed E-state index contributed by atoms with van der Waals surface area (Å²) in [6.07, 6.45) is 0.798. The number of carbonyl (C=O) groups is 2. The first-order valence-corrected chi connectivity index (χ1v) is 13.0. The van der Waals surface area contributed by atoms with E-state index in [0.29, 0.717) is 42.6 Å². The van der Waals surface area contributed by atoms with E-state index in [9.17, 15) is 9.59 Å². The van der Waals surface area contributed by atoms with E-state index in [4.69, 9.17) is 22.3 Å². The van der Waals surface area contributed by atoms with Gasteiger partial charge in [0, 0.05) is 27.7 Å². The molecule has 4 aromatic rings. The predicted octanol–water partition coefficient (Wildman–Crippen LogP) is 6.90.